The second-order valence-corrected chi connectivity index (χ2v) is 7.46. The Morgan fingerprint density at radius 3 is 2.85 bits per heavy atom. The maximum absolute atomic E-state index is 12.3. The third-order valence-corrected chi connectivity index (χ3v) is 5.07. The van der Waals surface area contributed by atoms with E-state index in [0.717, 1.165) is 27.6 Å². The molecule has 132 valence electrons. The minimum Gasteiger partial charge on any atom is -0.361 e. The highest BCUT2D eigenvalue weighted by Crippen LogP contribution is 2.19. The number of nitrogens with one attached hydrogen (secondary N) is 3. The molecule has 7 nitrogen and oxygen atoms in total. The Balaban J connectivity index is 1.42. The number of aromatic nitrogens is 5. The number of H-pyrrole nitrogens is 2. The number of thiazole rings is 1. The number of carbonyl (C=O) groups excluding carboxylic acids is 1. The molecular weight excluding hydrogens is 348 g/mol. The molecule has 4 aromatic rings. The van der Waals surface area contributed by atoms with Gasteiger partial charge in [0.05, 0.1) is 5.01 Å². The maximum Gasteiger partial charge on any atom is 0.277 e. The van der Waals surface area contributed by atoms with Crippen molar-refractivity contribution in [1.29, 1.82) is 0 Å². The number of para-hydroxylation sites is 1. The van der Waals surface area contributed by atoms with Crippen LogP contribution in [0.1, 0.15) is 31.8 Å². The van der Waals surface area contributed by atoms with E-state index in [4.69, 9.17) is 0 Å². The van der Waals surface area contributed by atoms with E-state index in [1.54, 1.807) is 0 Å². The lowest BCUT2D eigenvalue weighted by molar-refractivity contribution is 0.102. The van der Waals surface area contributed by atoms with Crippen LogP contribution >= 0.6 is 11.3 Å². The molecule has 0 aliphatic rings. The predicted octanol–water partition coefficient (Wildman–Crippen LogP) is 3.40. The van der Waals surface area contributed by atoms with Gasteiger partial charge in [0.25, 0.3) is 5.91 Å². The summed E-state index contributed by atoms with van der Waals surface area (Å²) >= 11 is 1.50. The number of aromatic amines is 2. The van der Waals surface area contributed by atoms with Crippen molar-refractivity contribution < 1.29 is 4.79 Å². The molecule has 0 saturated carbocycles. The van der Waals surface area contributed by atoms with Crippen molar-refractivity contribution in [1.82, 2.24) is 25.1 Å². The van der Waals surface area contributed by atoms with E-state index in [-0.39, 0.29) is 11.9 Å². The van der Waals surface area contributed by atoms with Gasteiger partial charge in [0.1, 0.15) is 11.5 Å². The molecule has 0 aliphatic carbocycles. The molecule has 3 heterocycles. The zero-order valence-electron chi connectivity index (χ0n) is 14.5. The molecule has 4 rings (SSSR count). The number of hydrogen-bond donors (Lipinski definition) is 3. The van der Waals surface area contributed by atoms with Crippen LogP contribution in [0, 0.1) is 13.8 Å². The fourth-order valence-electron chi connectivity index (χ4n) is 2.95. The summed E-state index contributed by atoms with van der Waals surface area (Å²) in [7, 11) is 0. The first kappa shape index (κ1) is 16.5. The van der Waals surface area contributed by atoms with Crippen LogP contribution in [0.2, 0.25) is 0 Å². The number of nitrogens with zero attached hydrogens (tertiary/aromatic N) is 3. The van der Waals surface area contributed by atoms with Crippen molar-refractivity contribution in [3.05, 3.63) is 57.4 Å². The molecular formula is C18H18N6OS. The summed E-state index contributed by atoms with van der Waals surface area (Å²) < 4.78 is 0. The highest BCUT2D eigenvalue weighted by Gasteiger charge is 2.16. The summed E-state index contributed by atoms with van der Waals surface area (Å²) in [4.78, 5) is 25.0. The number of rotatable bonds is 5. The van der Waals surface area contributed by atoms with E-state index in [1.165, 1.54) is 22.3 Å². The molecule has 0 bridgehead atoms. The van der Waals surface area contributed by atoms with Gasteiger partial charge in [0.15, 0.2) is 0 Å². The van der Waals surface area contributed by atoms with Crippen LogP contribution in [0.5, 0.6) is 0 Å². The Kier molecular flexibility index (Phi) is 4.26. The lowest BCUT2D eigenvalue weighted by Gasteiger charge is -1.98. The summed E-state index contributed by atoms with van der Waals surface area (Å²) in [5, 5.41) is 11.8. The Morgan fingerprint density at radius 2 is 2.04 bits per heavy atom. The largest absolute Gasteiger partial charge is 0.361 e. The average Bonchev–Trinajstić information content (AvgIpc) is 3.32. The maximum atomic E-state index is 12.3. The van der Waals surface area contributed by atoms with Gasteiger partial charge in [-0.15, -0.1) is 16.4 Å². The van der Waals surface area contributed by atoms with Gasteiger partial charge >= 0.3 is 0 Å². The molecule has 1 aromatic carbocycles. The van der Waals surface area contributed by atoms with Gasteiger partial charge in [-0.25, -0.2) is 4.98 Å². The molecule has 0 unspecified atom stereocenters. The van der Waals surface area contributed by atoms with Crippen molar-refractivity contribution in [2.24, 2.45) is 0 Å². The van der Waals surface area contributed by atoms with Gasteiger partial charge in [-0.3, -0.25) is 15.2 Å². The highest BCUT2D eigenvalue weighted by molar-refractivity contribution is 7.11. The van der Waals surface area contributed by atoms with Crippen molar-refractivity contribution in [3.63, 3.8) is 0 Å². The molecule has 8 heteroatoms. The minimum atomic E-state index is -0.283. The van der Waals surface area contributed by atoms with Crippen LogP contribution in [0.4, 0.5) is 5.95 Å². The molecule has 0 spiro atoms. The lowest BCUT2D eigenvalue weighted by Crippen LogP contribution is -2.14. The molecule has 0 atom stereocenters. The first-order valence-corrected chi connectivity index (χ1v) is 9.13. The van der Waals surface area contributed by atoms with E-state index in [1.807, 2.05) is 32.2 Å². The minimum absolute atomic E-state index is 0.272. The second-order valence-electron chi connectivity index (χ2n) is 6.06. The van der Waals surface area contributed by atoms with Crippen LogP contribution < -0.4 is 5.32 Å². The van der Waals surface area contributed by atoms with E-state index in [9.17, 15) is 4.79 Å². The fourth-order valence-corrected chi connectivity index (χ4v) is 3.77. The number of aryl methyl sites for hydroxylation is 4. The Hall–Kier alpha value is -3.00. The zero-order valence-corrected chi connectivity index (χ0v) is 15.3. The molecule has 0 saturated heterocycles. The SMILES string of the molecule is Cc1nc(C(=O)Nc2n[nH]c(CCc3c[nH]c4ccccc34)n2)c(C)s1. The van der Waals surface area contributed by atoms with Crippen LogP contribution in [0.15, 0.2) is 30.5 Å². The van der Waals surface area contributed by atoms with Gasteiger partial charge in [-0.05, 0) is 31.9 Å². The molecule has 26 heavy (non-hydrogen) atoms. The normalized spacial score (nSPS) is 11.2. The van der Waals surface area contributed by atoms with Crippen LogP contribution in [0.3, 0.4) is 0 Å². The second kappa shape index (κ2) is 6.72. The molecule has 0 aliphatic heterocycles. The molecule has 1 amide bonds. The molecule has 0 fully saturated rings. The first-order valence-electron chi connectivity index (χ1n) is 8.32. The molecule has 0 radical (unpaired) electrons. The van der Waals surface area contributed by atoms with Gasteiger partial charge < -0.3 is 4.98 Å². The van der Waals surface area contributed by atoms with E-state index in [0.29, 0.717) is 12.1 Å². The van der Waals surface area contributed by atoms with Gasteiger partial charge in [0, 0.05) is 28.4 Å². The van der Waals surface area contributed by atoms with E-state index < -0.39 is 0 Å². The summed E-state index contributed by atoms with van der Waals surface area (Å²) in [6.07, 6.45) is 3.56. The van der Waals surface area contributed by atoms with Gasteiger partial charge in [-0.2, -0.15) is 4.98 Å². The number of hydrogen-bond acceptors (Lipinski definition) is 5. The number of anilines is 1. The Labute approximate surface area is 153 Å². The lowest BCUT2D eigenvalue weighted by atomic mass is 10.1. The summed E-state index contributed by atoms with van der Waals surface area (Å²) in [6, 6.07) is 8.21. The zero-order chi connectivity index (χ0) is 18.1. The van der Waals surface area contributed by atoms with Crippen molar-refractivity contribution in [2.75, 3.05) is 5.32 Å². The quantitative estimate of drug-likeness (QED) is 0.504. The standard InChI is InChI=1S/C18H18N6OS/c1-10-16(20-11(2)26-10)17(25)22-18-21-15(23-24-18)8-7-12-9-19-14-6-4-3-5-13(12)14/h3-6,9,19H,7-8H2,1-2H3,(H2,21,22,23,24,25). The predicted molar refractivity (Wildman–Crippen MR) is 102 cm³/mol. The van der Waals surface area contributed by atoms with E-state index in [2.05, 4.69) is 42.6 Å². The number of benzene rings is 1. The molecule has 3 aromatic heterocycles. The van der Waals surface area contributed by atoms with Gasteiger partial charge in [-0.1, -0.05) is 18.2 Å². The smallest absolute Gasteiger partial charge is 0.277 e. The Bertz CT molecular complexity index is 1080. The van der Waals surface area contributed by atoms with Crippen molar-refractivity contribution >= 4 is 34.1 Å². The van der Waals surface area contributed by atoms with Crippen molar-refractivity contribution in [3.8, 4) is 0 Å². The summed E-state index contributed by atoms with van der Waals surface area (Å²) in [6.45, 7) is 3.76. The molecule has 3 N–H and O–H groups in total. The van der Waals surface area contributed by atoms with Crippen LogP contribution in [-0.2, 0) is 12.8 Å². The van der Waals surface area contributed by atoms with Crippen LogP contribution in [-0.4, -0.2) is 31.1 Å². The topological polar surface area (TPSA) is 99.4 Å². The average molecular weight is 366 g/mol. The summed E-state index contributed by atoms with van der Waals surface area (Å²) in [5.41, 5.74) is 2.79. The number of carbonyl (C=O) groups is 1. The third kappa shape index (κ3) is 3.23. The number of amides is 1. The van der Waals surface area contributed by atoms with Crippen LogP contribution in [0.25, 0.3) is 10.9 Å². The highest BCUT2D eigenvalue weighted by atomic mass is 32.1. The first-order chi connectivity index (χ1) is 12.6. The number of fused-ring (bicyclic) bond motifs is 1. The monoisotopic (exact) mass is 366 g/mol. The van der Waals surface area contributed by atoms with Crippen molar-refractivity contribution in [2.45, 2.75) is 26.7 Å². The Morgan fingerprint density at radius 1 is 1.19 bits per heavy atom. The van der Waals surface area contributed by atoms with E-state index >= 15 is 0 Å². The fraction of sp³-hybridized carbons (Fsp3) is 0.222. The third-order valence-electron chi connectivity index (χ3n) is 4.18. The summed E-state index contributed by atoms with van der Waals surface area (Å²) in [5.74, 6) is 0.722. The van der Waals surface area contributed by atoms with Gasteiger partial charge in [0.2, 0.25) is 5.95 Å².